The molecule has 0 amide bonds. The molecule has 1 N–H and O–H groups in total. The Morgan fingerprint density at radius 3 is 1.65 bits per heavy atom. The number of benzene rings is 1. The van der Waals surface area contributed by atoms with Gasteiger partial charge in [-0.2, -0.15) is 0 Å². The summed E-state index contributed by atoms with van der Waals surface area (Å²) in [5, 5.41) is 14.5. The molecule has 0 aliphatic carbocycles. The molecule has 0 saturated heterocycles. The second kappa shape index (κ2) is 19.6. The van der Waals surface area contributed by atoms with Crippen LogP contribution in [-0.4, -0.2) is 41.6 Å². The minimum Gasteiger partial charge on any atom is -0.487 e. The number of azide groups is 1. The fourth-order valence-corrected chi connectivity index (χ4v) is 4.20. The van der Waals surface area contributed by atoms with Crippen molar-refractivity contribution in [3.05, 3.63) is 44.8 Å². The first-order valence-corrected chi connectivity index (χ1v) is 13.3. The highest BCUT2D eigenvalue weighted by atomic mass is 32.1. The summed E-state index contributed by atoms with van der Waals surface area (Å²) >= 11 is 9.90. The van der Waals surface area contributed by atoms with Crippen molar-refractivity contribution < 1.29 is 14.6 Å². The Morgan fingerprint density at radius 2 is 1.21 bits per heavy atom. The third kappa shape index (κ3) is 14.5. The Labute approximate surface area is 216 Å². The van der Waals surface area contributed by atoms with E-state index in [2.05, 4.69) is 22.2 Å². The molecule has 0 aliphatic rings. The Morgan fingerprint density at radius 1 is 0.765 bits per heavy atom. The Kier molecular flexibility index (Phi) is 17.4. The van der Waals surface area contributed by atoms with Gasteiger partial charge in [-0.25, -0.2) is 0 Å². The summed E-state index contributed by atoms with van der Waals surface area (Å²) in [6, 6.07) is 4.58. The molecule has 1 rings (SSSR count). The molecule has 0 fully saturated rings. The molecule has 8 heteroatoms. The van der Waals surface area contributed by atoms with Crippen LogP contribution >= 0.6 is 24.4 Å². The van der Waals surface area contributed by atoms with Crippen molar-refractivity contribution in [2.75, 3.05) is 26.4 Å². The molecule has 0 radical (unpaired) electrons. The lowest BCUT2D eigenvalue weighted by atomic mass is 9.90. The van der Waals surface area contributed by atoms with Gasteiger partial charge in [0, 0.05) is 31.9 Å². The molecule has 190 valence electrons. The molecule has 0 unspecified atom stereocenters. The third-order valence-corrected chi connectivity index (χ3v) is 5.97. The molecular formula is C26H41N3O3S2. The predicted molar refractivity (Wildman–Crippen MR) is 148 cm³/mol. The van der Waals surface area contributed by atoms with Gasteiger partial charge in [-0.15, -0.1) is 0 Å². The van der Waals surface area contributed by atoms with E-state index in [0.29, 0.717) is 42.7 Å². The Hall–Kier alpha value is -1.73. The van der Waals surface area contributed by atoms with Crippen LogP contribution in [0.25, 0.3) is 10.4 Å². The van der Waals surface area contributed by atoms with Crippen molar-refractivity contribution in [1.29, 1.82) is 0 Å². The lowest BCUT2D eigenvalue weighted by molar-refractivity contribution is 0.297. The van der Waals surface area contributed by atoms with Crippen molar-refractivity contribution in [3.63, 3.8) is 0 Å². The smallest absolute Gasteiger partial charge is 0.156 e. The summed E-state index contributed by atoms with van der Waals surface area (Å²) in [4.78, 5) is 2.88. The number of aliphatic hydroxyl groups is 1. The van der Waals surface area contributed by atoms with E-state index in [4.69, 9.17) is 39.4 Å². The minimum absolute atomic E-state index is 0.121. The van der Waals surface area contributed by atoms with E-state index in [1.54, 1.807) is 0 Å². The number of thiocarbonyl (C=S) groups is 2. The third-order valence-electron chi connectivity index (χ3n) is 5.74. The van der Waals surface area contributed by atoms with Crippen LogP contribution in [0.4, 0.5) is 0 Å². The maximum absolute atomic E-state index is 9.57. The van der Waals surface area contributed by atoms with Gasteiger partial charge in [0.25, 0.3) is 0 Å². The topological polar surface area (TPSA) is 87.5 Å². The quantitative estimate of drug-likeness (QED) is 0.0715. The van der Waals surface area contributed by atoms with E-state index in [9.17, 15) is 5.11 Å². The summed E-state index contributed by atoms with van der Waals surface area (Å²) in [6.45, 7) is 5.59. The van der Waals surface area contributed by atoms with Gasteiger partial charge >= 0.3 is 0 Å². The monoisotopic (exact) mass is 507 g/mol. The molecular weight excluding hydrogens is 466 g/mol. The van der Waals surface area contributed by atoms with Gasteiger partial charge in [0.05, 0.1) is 13.2 Å². The molecule has 34 heavy (non-hydrogen) atoms. The summed E-state index contributed by atoms with van der Waals surface area (Å²) < 4.78 is 10.8. The molecule has 6 nitrogen and oxygen atoms in total. The standard InChI is InChI=1S/C26H41N3O3S2/c1-21(33)31-17-9-5-3-7-11-23-19-25(13-15-28-29-27)26(14-16-30)20-24(23)12-8-4-6-10-18-32-22(2)34/h19-20,30H,3-18H2,1-2H3. The fraction of sp³-hybridized carbons (Fsp3) is 0.692. The predicted octanol–water partition coefficient (Wildman–Crippen LogP) is 7.01. The lowest BCUT2D eigenvalue weighted by Gasteiger charge is -2.17. The van der Waals surface area contributed by atoms with E-state index in [1.165, 1.54) is 22.3 Å². The number of aliphatic hydroxyl groups excluding tert-OH is 1. The first-order valence-electron chi connectivity index (χ1n) is 12.5. The summed E-state index contributed by atoms with van der Waals surface area (Å²) in [6.07, 6.45) is 12.3. The highest BCUT2D eigenvalue weighted by Crippen LogP contribution is 2.23. The average Bonchev–Trinajstić information content (AvgIpc) is 2.79. The van der Waals surface area contributed by atoms with Gasteiger partial charge in [-0.3, -0.25) is 0 Å². The molecule has 0 atom stereocenters. The highest BCUT2D eigenvalue weighted by molar-refractivity contribution is 7.80. The number of hydrogen-bond acceptors (Lipinski definition) is 6. The number of nitrogens with zero attached hydrogens (tertiary/aromatic N) is 3. The number of unbranched alkanes of at least 4 members (excludes halogenated alkanes) is 6. The van der Waals surface area contributed by atoms with Gasteiger partial charge in [0.1, 0.15) is 0 Å². The van der Waals surface area contributed by atoms with Crippen molar-refractivity contribution in [3.8, 4) is 0 Å². The van der Waals surface area contributed by atoms with Crippen molar-refractivity contribution in [1.82, 2.24) is 0 Å². The first-order chi connectivity index (χ1) is 16.5. The van der Waals surface area contributed by atoms with Crippen LogP contribution in [0.1, 0.15) is 87.5 Å². The van der Waals surface area contributed by atoms with Crippen molar-refractivity contribution in [2.45, 2.75) is 90.9 Å². The molecule has 0 heterocycles. The van der Waals surface area contributed by atoms with Crippen LogP contribution in [0, 0.1) is 0 Å². The van der Waals surface area contributed by atoms with Gasteiger partial charge in [-0.05, 0) is 104 Å². The van der Waals surface area contributed by atoms with Crippen LogP contribution in [-0.2, 0) is 35.2 Å². The molecule has 0 spiro atoms. The van der Waals surface area contributed by atoms with Gasteiger partial charge in [-0.1, -0.05) is 42.9 Å². The molecule has 0 aliphatic heterocycles. The minimum atomic E-state index is 0.121. The Balaban J connectivity index is 2.73. The van der Waals surface area contributed by atoms with Crippen molar-refractivity contribution in [2.24, 2.45) is 5.11 Å². The van der Waals surface area contributed by atoms with E-state index in [1.807, 2.05) is 13.8 Å². The van der Waals surface area contributed by atoms with Crippen LogP contribution < -0.4 is 0 Å². The van der Waals surface area contributed by atoms with Gasteiger partial charge < -0.3 is 14.6 Å². The largest absolute Gasteiger partial charge is 0.487 e. The van der Waals surface area contributed by atoms with E-state index in [-0.39, 0.29) is 6.61 Å². The second-order valence-corrected chi connectivity index (χ2v) is 9.73. The number of aryl methyl sites for hydroxylation is 2. The average molecular weight is 508 g/mol. The number of ether oxygens (including phenoxy) is 2. The zero-order chi connectivity index (χ0) is 25.0. The SMILES string of the molecule is CC(=S)OCCCCCCc1cc(CCO)c(CCN=[N+]=[N-])cc1CCCCCCOC(C)=S. The Bertz CT molecular complexity index is 796. The van der Waals surface area contributed by atoms with Crippen molar-refractivity contribution >= 4 is 34.5 Å². The van der Waals surface area contributed by atoms with E-state index < -0.39 is 0 Å². The summed E-state index contributed by atoms with van der Waals surface area (Å²) in [5.74, 6) is 0. The maximum Gasteiger partial charge on any atom is 0.156 e. The maximum atomic E-state index is 9.57. The van der Waals surface area contributed by atoms with Crippen LogP contribution in [0.15, 0.2) is 17.2 Å². The number of rotatable bonds is 19. The van der Waals surface area contributed by atoms with Crippen LogP contribution in [0.5, 0.6) is 0 Å². The zero-order valence-electron chi connectivity index (χ0n) is 20.9. The van der Waals surface area contributed by atoms with E-state index in [0.717, 1.165) is 64.2 Å². The summed E-state index contributed by atoms with van der Waals surface area (Å²) in [5.41, 5.74) is 13.8. The molecule has 0 saturated carbocycles. The summed E-state index contributed by atoms with van der Waals surface area (Å²) in [7, 11) is 0. The normalized spacial score (nSPS) is 10.6. The van der Waals surface area contributed by atoms with E-state index >= 15 is 0 Å². The molecule has 0 bridgehead atoms. The highest BCUT2D eigenvalue weighted by Gasteiger charge is 2.10. The molecule has 0 aromatic heterocycles. The van der Waals surface area contributed by atoms with Gasteiger partial charge in [0.15, 0.2) is 10.1 Å². The number of hydrogen-bond donors (Lipinski definition) is 1. The zero-order valence-corrected chi connectivity index (χ0v) is 22.5. The van der Waals surface area contributed by atoms with Gasteiger partial charge in [0.2, 0.25) is 0 Å². The molecule has 1 aromatic rings. The fourth-order valence-electron chi connectivity index (χ4n) is 4.03. The van der Waals surface area contributed by atoms with Crippen LogP contribution in [0.2, 0.25) is 0 Å². The second-order valence-electron chi connectivity index (χ2n) is 8.58. The van der Waals surface area contributed by atoms with Crippen LogP contribution in [0.3, 0.4) is 0 Å². The first kappa shape index (κ1) is 30.3. The molecule has 1 aromatic carbocycles. The lowest BCUT2D eigenvalue weighted by Crippen LogP contribution is -2.06.